The molecule has 0 saturated carbocycles. The lowest BCUT2D eigenvalue weighted by atomic mass is 10.1. The first-order valence-corrected chi connectivity index (χ1v) is 9.90. The van der Waals surface area contributed by atoms with Gasteiger partial charge < -0.3 is 26.2 Å². The first kappa shape index (κ1) is 23.8. The molecule has 0 aliphatic carbocycles. The Morgan fingerprint density at radius 2 is 1.89 bits per heavy atom. The van der Waals surface area contributed by atoms with Crippen molar-refractivity contribution in [3.63, 3.8) is 0 Å². The highest BCUT2D eigenvalue weighted by atomic mass is 35.5. The van der Waals surface area contributed by atoms with Crippen molar-refractivity contribution in [3.05, 3.63) is 46.7 Å². The van der Waals surface area contributed by atoms with Crippen LogP contribution in [-0.2, 0) is 16.1 Å². The predicted molar refractivity (Wildman–Crippen MR) is 110 cm³/mol. The number of carboxylic acid groups (broad SMARTS) is 2. The number of halogens is 1. The molecule has 0 heterocycles. The number of carbonyl (C=O) groups is 2. The molecule has 1 rings (SSSR count). The van der Waals surface area contributed by atoms with Crippen LogP contribution in [0, 0.1) is 0 Å². The van der Waals surface area contributed by atoms with Crippen molar-refractivity contribution in [1.29, 1.82) is 0 Å². The molecule has 0 radical (unpaired) electrons. The topological polar surface area (TPSA) is 111 Å². The summed E-state index contributed by atoms with van der Waals surface area (Å²) in [5.74, 6) is -1.49. The van der Waals surface area contributed by atoms with Gasteiger partial charge in [0.15, 0.2) is 0 Å². The van der Waals surface area contributed by atoms with Crippen LogP contribution in [0.1, 0.15) is 44.6 Å². The van der Waals surface area contributed by atoms with Gasteiger partial charge in [0.2, 0.25) is 0 Å². The number of nitrogens with one attached hydrogen (secondary N) is 3. The fourth-order valence-corrected chi connectivity index (χ4v) is 2.65. The molecule has 5 N–H and O–H groups in total. The highest BCUT2D eigenvalue weighted by Gasteiger charge is 2.17. The number of unbranched alkanes of at least 4 members (excludes halogenated alkanes) is 2. The minimum Gasteiger partial charge on any atom is -0.480 e. The number of carboxylic acids is 2. The number of rotatable bonds is 15. The van der Waals surface area contributed by atoms with E-state index in [1.165, 1.54) is 0 Å². The summed E-state index contributed by atoms with van der Waals surface area (Å²) in [5.41, 5.74) is 1.14. The summed E-state index contributed by atoms with van der Waals surface area (Å²) in [5, 5.41) is 27.9. The van der Waals surface area contributed by atoms with E-state index in [2.05, 4.69) is 16.0 Å². The zero-order valence-electron chi connectivity index (χ0n) is 16.2. The maximum Gasteiger partial charge on any atom is 0.326 e. The fraction of sp³-hybridized carbons (Fsp3) is 0.500. The summed E-state index contributed by atoms with van der Waals surface area (Å²) in [6, 6.07) is 6.87. The van der Waals surface area contributed by atoms with E-state index in [1.807, 2.05) is 31.2 Å². The Kier molecular flexibility index (Phi) is 11.8. The third-order valence-electron chi connectivity index (χ3n) is 4.03. The fourth-order valence-electron chi connectivity index (χ4n) is 2.52. The van der Waals surface area contributed by atoms with Crippen molar-refractivity contribution in [2.45, 2.75) is 51.6 Å². The number of allylic oxidation sites excluding steroid dienone is 1. The standard InChI is InChI=1S/C20H30ClN3O4/c1-2-3-7-18(23-14-19(25)26)24-17(20(27)28)6-4-5-12-22-13-15-8-10-16(21)11-9-15/h7-11,17,22-24H,2-6,12-14H2,1H3,(H,25,26)(H,27,28)/b18-7+. The van der Waals surface area contributed by atoms with Gasteiger partial charge in [-0.15, -0.1) is 0 Å². The van der Waals surface area contributed by atoms with Crippen molar-refractivity contribution in [3.8, 4) is 0 Å². The van der Waals surface area contributed by atoms with E-state index in [0.29, 0.717) is 17.3 Å². The molecule has 1 unspecified atom stereocenters. The van der Waals surface area contributed by atoms with Crippen LogP contribution in [0.3, 0.4) is 0 Å². The first-order valence-electron chi connectivity index (χ1n) is 9.52. The number of hydrogen-bond acceptors (Lipinski definition) is 5. The number of hydrogen-bond donors (Lipinski definition) is 5. The normalized spacial score (nSPS) is 12.4. The molecule has 28 heavy (non-hydrogen) atoms. The second-order valence-electron chi connectivity index (χ2n) is 6.49. The van der Waals surface area contributed by atoms with Gasteiger partial charge in [-0.2, -0.15) is 0 Å². The van der Waals surface area contributed by atoms with Crippen LogP contribution in [0.2, 0.25) is 5.02 Å². The van der Waals surface area contributed by atoms with Gasteiger partial charge >= 0.3 is 11.9 Å². The Balaban J connectivity index is 2.36. The lowest BCUT2D eigenvalue weighted by Crippen LogP contribution is -2.41. The second-order valence-corrected chi connectivity index (χ2v) is 6.92. The Bertz CT molecular complexity index is 635. The summed E-state index contributed by atoms with van der Waals surface area (Å²) < 4.78 is 0. The van der Waals surface area contributed by atoms with Crippen molar-refractivity contribution in [2.24, 2.45) is 0 Å². The number of aliphatic carboxylic acids is 2. The predicted octanol–water partition coefficient (Wildman–Crippen LogP) is 2.96. The Labute approximate surface area is 171 Å². The van der Waals surface area contributed by atoms with Gasteiger partial charge in [-0.25, -0.2) is 4.79 Å². The molecule has 0 bridgehead atoms. The van der Waals surface area contributed by atoms with E-state index in [9.17, 15) is 14.7 Å². The minimum absolute atomic E-state index is 0.260. The van der Waals surface area contributed by atoms with Gasteiger partial charge in [0.1, 0.15) is 12.6 Å². The molecular formula is C20H30ClN3O4. The molecule has 156 valence electrons. The molecule has 0 aliphatic heterocycles. The van der Waals surface area contributed by atoms with Gasteiger partial charge in [-0.3, -0.25) is 4.79 Å². The van der Waals surface area contributed by atoms with E-state index in [4.69, 9.17) is 16.7 Å². The zero-order chi connectivity index (χ0) is 20.8. The van der Waals surface area contributed by atoms with Crippen LogP contribution in [0.25, 0.3) is 0 Å². The summed E-state index contributed by atoms with van der Waals surface area (Å²) in [6.45, 7) is 3.26. The van der Waals surface area contributed by atoms with Crippen molar-refractivity contribution in [2.75, 3.05) is 13.1 Å². The summed E-state index contributed by atoms with van der Waals surface area (Å²) in [4.78, 5) is 22.3. The molecule has 1 aromatic rings. The van der Waals surface area contributed by atoms with Crippen LogP contribution in [-0.4, -0.2) is 41.3 Å². The van der Waals surface area contributed by atoms with E-state index >= 15 is 0 Å². The molecule has 1 aromatic carbocycles. The molecule has 0 spiro atoms. The maximum atomic E-state index is 11.5. The van der Waals surface area contributed by atoms with E-state index in [0.717, 1.165) is 44.3 Å². The van der Waals surface area contributed by atoms with Crippen molar-refractivity contribution in [1.82, 2.24) is 16.0 Å². The second kappa shape index (κ2) is 13.8. The van der Waals surface area contributed by atoms with Crippen LogP contribution in [0.4, 0.5) is 0 Å². The molecule has 0 aliphatic rings. The smallest absolute Gasteiger partial charge is 0.326 e. The SMILES string of the molecule is CCC/C=C(\NCC(=O)O)NC(CCCCNCc1ccc(Cl)cc1)C(=O)O. The molecule has 7 nitrogen and oxygen atoms in total. The largest absolute Gasteiger partial charge is 0.480 e. The van der Waals surface area contributed by atoms with Gasteiger partial charge in [-0.05, 0) is 56.0 Å². The lowest BCUT2D eigenvalue weighted by molar-refractivity contribution is -0.139. The molecule has 0 amide bonds. The van der Waals surface area contributed by atoms with E-state index in [-0.39, 0.29) is 6.54 Å². The van der Waals surface area contributed by atoms with Gasteiger partial charge in [0.25, 0.3) is 0 Å². The molecular weight excluding hydrogens is 382 g/mol. The van der Waals surface area contributed by atoms with E-state index in [1.54, 1.807) is 6.08 Å². The third kappa shape index (κ3) is 10.8. The molecule has 8 heteroatoms. The molecule has 1 atom stereocenters. The third-order valence-corrected chi connectivity index (χ3v) is 4.29. The Morgan fingerprint density at radius 3 is 2.50 bits per heavy atom. The van der Waals surface area contributed by atoms with Crippen molar-refractivity contribution < 1.29 is 19.8 Å². The molecule has 0 saturated heterocycles. The average molecular weight is 412 g/mol. The average Bonchev–Trinajstić information content (AvgIpc) is 2.66. The summed E-state index contributed by atoms with van der Waals surface area (Å²) in [6.07, 6.45) is 5.45. The van der Waals surface area contributed by atoms with Gasteiger partial charge in [0.05, 0.1) is 5.82 Å². The monoisotopic (exact) mass is 411 g/mol. The van der Waals surface area contributed by atoms with Crippen LogP contribution in [0.5, 0.6) is 0 Å². The van der Waals surface area contributed by atoms with E-state index < -0.39 is 18.0 Å². The van der Waals surface area contributed by atoms with Crippen LogP contribution in [0.15, 0.2) is 36.2 Å². The molecule has 0 fully saturated rings. The Hall–Kier alpha value is -2.25. The first-order chi connectivity index (χ1) is 13.4. The summed E-state index contributed by atoms with van der Waals surface area (Å²) >= 11 is 5.86. The van der Waals surface area contributed by atoms with Crippen LogP contribution >= 0.6 is 11.6 Å². The number of benzene rings is 1. The highest BCUT2D eigenvalue weighted by Crippen LogP contribution is 2.09. The van der Waals surface area contributed by atoms with Crippen LogP contribution < -0.4 is 16.0 Å². The lowest BCUT2D eigenvalue weighted by Gasteiger charge is -2.19. The van der Waals surface area contributed by atoms with Crippen molar-refractivity contribution >= 4 is 23.5 Å². The highest BCUT2D eigenvalue weighted by molar-refractivity contribution is 6.30. The van der Waals surface area contributed by atoms with Gasteiger partial charge in [0, 0.05) is 11.6 Å². The summed E-state index contributed by atoms with van der Waals surface area (Å²) in [7, 11) is 0. The maximum absolute atomic E-state index is 11.5. The quantitative estimate of drug-likeness (QED) is 0.282. The Morgan fingerprint density at radius 1 is 1.18 bits per heavy atom. The molecule has 0 aromatic heterocycles. The zero-order valence-corrected chi connectivity index (χ0v) is 17.0. The van der Waals surface area contributed by atoms with Gasteiger partial charge in [-0.1, -0.05) is 37.1 Å². The minimum atomic E-state index is -0.997.